The first-order valence-corrected chi connectivity index (χ1v) is 11.1. The summed E-state index contributed by atoms with van der Waals surface area (Å²) in [5, 5.41) is 0. The van der Waals surface area contributed by atoms with Gasteiger partial charge in [0.2, 0.25) is 0 Å². The van der Waals surface area contributed by atoms with Crippen LogP contribution in [0.2, 0.25) is 0 Å². The number of halogens is 5. The third-order valence-corrected chi connectivity index (χ3v) is 6.46. The molecule has 1 unspecified atom stereocenters. The minimum Gasteiger partial charge on any atom is -0.206 e. The van der Waals surface area contributed by atoms with Gasteiger partial charge < -0.3 is 0 Å². The molecule has 32 heavy (non-hydrogen) atoms. The molecule has 4 rings (SSSR count). The lowest BCUT2D eigenvalue weighted by molar-refractivity contribution is 0.456. The Morgan fingerprint density at radius 2 is 1.53 bits per heavy atom. The SMILES string of the molecule is CCCCCc1ccc(C2CCc3c(F)c(-c4cccc(F)c4F)c(F)c(F)c3C2)cc1. The maximum Gasteiger partial charge on any atom is 0.169 e. The Morgan fingerprint density at radius 1 is 0.781 bits per heavy atom. The smallest absolute Gasteiger partial charge is 0.169 e. The van der Waals surface area contributed by atoms with Crippen molar-refractivity contribution >= 4 is 0 Å². The van der Waals surface area contributed by atoms with Gasteiger partial charge in [0.25, 0.3) is 0 Å². The van der Waals surface area contributed by atoms with Crippen LogP contribution in [0.1, 0.15) is 60.8 Å². The highest BCUT2D eigenvalue weighted by Gasteiger charge is 2.32. The predicted molar refractivity (Wildman–Crippen MR) is 116 cm³/mol. The molecule has 0 saturated carbocycles. The largest absolute Gasteiger partial charge is 0.206 e. The zero-order valence-electron chi connectivity index (χ0n) is 18.0. The summed E-state index contributed by atoms with van der Waals surface area (Å²) in [5.74, 6) is -6.35. The second kappa shape index (κ2) is 9.43. The maximum absolute atomic E-state index is 15.2. The second-order valence-electron chi connectivity index (χ2n) is 8.51. The van der Waals surface area contributed by atoms with E-state index in [0.29, 0.717) is 6.42 Å². The van der Waals surface area contributed by atoms with Crippen molar-refractivity contribution in [1.82, 2.24) is 0 Å². The van der Waals surface area contributed by atoms with Gasteiger partial charge in [-0.3, -0.25) is 0 Å². The van der Waals surface area contributed by atoms with Crippen molar-refractivity contribution in [1.29, 1.82) is 0 Å². The molecule has 1 aliphatic rings. The van der Waals surface area contributed by atoms with Crippen LogP contribution in [-0.4, -0.2) is 0 Å². The Balaban J connectivity index is 1.64. The zero-order valence-corrected chi connectivity index (χ0v) is 18.0. The van der Waals surface area contributed by atoms with E-state index in [9.17, 15) is 13.2 Å². The molecular formula is C27H25F5. The van der Waals surface area contributed by atoms with Gasteiger partial charge in [-0.2, -0.15) is 0 Å². The number of rotatable bonds is 6. The lowest BCUT2D eigenvalue weighted by Crippen LogP contribution is -2.18. The molecule has 0 fully saturated rings. The van der Waals surface area contributed by atoms with Crippen molar-refractivity contribution in [2.24, 2.45) is 0 Å². The van der Waals surface area contributed by atoms with Gasteiger partial charge in [-0.1, -0.05) is 56.2 Å². The van der Waals surface area contributed by atoms with E-state index >= 15 is 8.78 Å². The van der Waals surface area contributed by atoms with Crippen molar-refractivity contribution in [2.45, 2.75) is 57.8 Å². The van der Waals surface area contributed by atoms with E-state index in [-0.39, 0.29) is 29.9 Å². The highest BCUT2D eigenvalue weighted by atomic mass is 19.2. The summed E-state index contributed by atoms with van der Waals surface area (Å²) in [4.78, 5) is 0. The summed E-state index contributed by atoms with van der Waals surface area (Å²) >= 11 is 0. The van der Waals surface area contributed by atoms with Crippen LogP contribution in [0.15, 0.2) is 42.5 Å². The van der Waals surface area contributed by atoms with Crippen molar-refractivity contribution in [3.63, 3.8) is 0 Å². The van der Waals surface area contributed by atoms with Gasteiger partial charge in [-0.05, 0) is 66.3 Å². The monoisotopic (exact) mass is 444 g/mol. The first-order valence-electron chi connectivity index (χ1n) is 11.1. The zero-order chi connectivity index (χ0) is 22.8. The fraction of sp³-hybridized carbons (Fsp3) is 0.333. The first kappa shape index (κ1) is 22.5. The summed E-state index contributed by atoms with van der Waals surface area (Å²) in [7, 11) is 0. The molecule has 0 N–H and O–H groups in total. The second-order valence-corrected chi connectivity index (χ2v) is 8.51. The number of hydrogen-bond acceptors (Lipinski definition) is 0. The van der Waals surface area contributed by atoms with E-state index in [1.54, 1.807) is 0 Å². The molecule has 0 nitrogen and oxygen atoms in total. The third-order valence-electron chi connectivity index (χ3n) is 6.46. The molecule has 1 aliphatic carbocycles. The third kappa shape index (κ3) is 4.17. The van der Waals surface area contributed by atoms with Gasteiger partial charge in [-0.25, -0.2) is 22.0 Å². The minimum atomic E-state index is -1.47. The normalized spacial score (nSPS) is 15.6. The van der Waals surface area contributed by atoms with Crippen LogP contribution in [-0.2, 0) is 19.3 Å². The van der Waals surface area contributed by atoms with E-state index in [2.05, 4.69) is 19.1 Å². The highest BCUT2D eigenvalue weighted by molar-refractivity contribution is 5.68. The van der Waals surface area contributed by atoms with Gasteiger partial charge in [0.05, 0.1) is 5.56 Å². The first-order chi connectivity index (χ1) is 15.4. The molecule has 0 bridgehead atoms. The van der Waals surface area contributed by atoms with Gasteiger partial charge in [0.15, 0.2) is 23.3 Å². The molecule has 1 atom stereocenters. The molecule has 5 heteroatoms. The van der Waals surface area contributed by atoms with Crippen molar-refractivity contribution in [3.8, 4) is 11.1 Å². The summed E-state index contributed by atoms with van der Waals surface area (Å²) in [5.41, 5.74) is 0.841. The fourth-order valence-electron chi connectivity index (χ4n) is 4.65. The Bertz CT molecular complexity index is 1120. The Hall–Kier alpha value is -2.69. The molecule has 168 valence electrons. The summed E-state index contributed by atoms with van der Waals surface area (Å²) in [6.07, 6.45) is 5.40. The number of hydrogen-bond donors (Lipinski definition) is 0. The van der Waals surface area contributed by atoms with Crippen LogP contribution in [0.3, 0.4) is 0 Å². The Morgan fingerprint density at radius 3 is 2.25 bits per heavy atom. The number of aryl methyl sites for hydroxylation is 1. The van der Waals surface area contributed by atoms with Crippen LogP contribution >= 0.6 is 0 Å². The van der Waals surface area contributed by atoms with E-state index in [0.717, 1.165) is 43.0 Å². The van der Waals surface area contributed by atoms with Crippen LogP contribution in [0.4, 0.5) is 22.0 Å². The average Bonchev–Trinajstić information content (AvgIpc) is 2.81. The van der Waals surface area contributed by atoms with Gasteiger partial charge in [0, 0.05) is 5.56 Å². The Kier molecular flexibility index (Phi) is 6.63. The summed E-state index contributed by atoms with van der Waals surface area (Å²) in [6, 6.07) is 11.2. The molecular weight excluding hydrogens is 419 g/mol. The highest BCUT2D eigenvalue weighted by Crippen LogP contribution is 2.41. The molecule has 3 aromatic carbocycles. The van der Waals surface area contributed by atoms with E-state index in [1.165, 1.54) is 12.0 Å². The fourth-order valence-corrected chi connectivity index (χ4v) is 4.65. The molecule has 0 saturated heterocycles. The molecule has 0 heterocycles. The summed E-state index contributed by atoms with van der Waals surface area (Å²) < 4.78 is 72.9. The lowest BCUT2D eigenvalue weighted by atomic mass is 9.78. The van der Waals surface area contributed by atoms with Crippen molar-refractivity contribution in [2.75, 3.05) is 0 Å². The van der Waals surface area contributed by atoms with E-state index in [4.69, 9.17) is 0 Å². The molecule has 0 aromatic heterocycles. The van der Waals surface area contributed by atoms with Crippen LogP contribution in [0.25, 0.3) is 11.1 Å². The predicted octanol–water partition coefficient (Wildman–Crippen LogP) is 8.05. The molecule has 0 aliphatic heterocycles. The quantitative estimate of drug-likeness (QED) is 0.205. The average molecular weight is 444 g/mol. The van der Waals surface area contributed by atoms with Crippen molar-refractivity contribution in [3.05, 3.63) is 93.8 Å². The van der Waals surface area contributed by atoms with Gasteiger partial charge >= 0.3 is 0 Å². The molecule has 3 aromatic rings. The minimum absolute atomic E-state index is 0.0103. The molecule has 0 amide bonds. The van der Waals surface area contributed by atoms with E-state index in [1.807, 2.05) is 12.1 Å². The van der Waals surface area contributed by atoms with Gasteiger partial charge in [0.1, 0.15) is 5.82 Å². The molecule has 0 radical (unpaired) electrons. The van der Waals surface area contributed by atoms with Crippen LogP contribution in [0, 0.1) is 29.1 Å². The van der Waals surface area contributed by atoms with Crippen molar-refractivity contribution < 1.29 is 22.0 Å². The number of unbranched alkanes of at least 4 members (excludes halogenated alkanes) is 2. The molecule has 0 spiro atoms. The van der Waals surface area contributed by atoms with Gasteiger partial charge in [-0.15, -0.1) is 0 Å². The summed E-state index contributed by atoms with van der Waals surface area (Å²) in [6.45, 7) is 2.16. The van der Waals surface area contributed by atoms with E-state index < -0.39 is 40.2 Å². The standard InChI is InChI=1S/C27H25F5/c1-2-3-4-6-16-9-11-17(12-10-16)18-13-14-19-21(15-18)26(31)27(32)23(25(19)30)20-7-5-8-22(28)24(20)29/h5,7-12,18H,2-4,6,13-15H2,1H3. The lowest BCUT2D eigenvalue weighted by Gasteiger charge is -2.27. The van der Waals surface area contributed by atoms with Crippen LogP contribution < -0.4 is 0 Å². The maximum atomic E-state index is 15.2. The topological polar surface area (TPSA) is 0 Å². The number of fused-ring (bicyclic) bond motifs is 1. The van der Waals surface area contributed by atoms with Crippen LogP contribution in [0.5, 0.6) is 0 Å². The Labute approximate surface area is 185 Å². The number of benzene rings is 3.